The number of carbonyl (C=O) groups excluding carboxylic acids is 1. The summed E-state index contributed by atoms with van der Waals surface area (Å²) in [6.45, 7) is -0.203. The maximum Gasteiger partial charge on any atom is 0.277 e. The lowest BCUT2D eigenvalue weighted by Crippen LogP contribution is -2.24. The van der Waals surface area contributed by atoms with Crippen LogP contribution in [0.25, 0.3) is 11.1 Å². The van der Waals surface area contributed by atoms with Crippen molar-refractivity contribution in [3.05, 3.63) is 88.4 Å². The lowest BCUT2D eigenvalue weighted by molar-refractivity contribution is -0.123. The molecule has 3 aromatic rings. The molecule has 4 nitrogen and oxygen atoms in total. The first kappa shape index (κ1) is 19.0. The normalized spacial score (nSPS) is 10.7. The van der Waals surface area contributed by atoms with E-state index >= 15 is 0 Å². The van der Waals surface area contributed by atoms with E-state index in [-0.39, 0.29) is 6.61 Å². The van der Waals surface area contributed by atoms with Gasteiger partial charge >= 0.3 is 0 Å². The highest BCUT2D eigenvalue weighted by molar-refractivity contribution is 6.35. The van der Waals surface area contributed by atoms with Crippen LogP contribution >= 0.6 is 23.2 Å². The summed E-state index contributed by atoms with van der Waals surface area (Å²) in [4.78, 5) is 11.8. The van der Waals surface area contributed by atoms with Crippen LogP contribution in [0.4, 0.5) is 0 Å². The third-order valence-electron chi connectivity index (χ3n) is 3.67. The first-order valence-electron chi connectivity index (χ1n) is 8.17. The van der Waals surface area contributed by atoms with E-state index in [1.54, 1.807) is 24.4 Å². The van der Waals surface area contributed by atoms with Gasteiger partial charge in [0.1, 0.15) is 5.75 Å². The van der Waals surface area contributed by atoms with Gasteiger partial charge in [-0.1, -0.05) is 77.8 Å². The number of hydrazone groups is 1. The minimum atomic E-state index is -0.391. The molecule has 0 fully saturated rings. The topological polar surface area (TPSA) is 50.7 Å². The van der Waals surface area contributed by atoms with Crippen molar-refractivity contribution in [2.45, 2.75) is 0 Å². The highest BCUT2D eigenvalue weighted by Gasteiger charge is 2.05. The molecule has 0 radical (unpaired) electrons. The summed E-state index contributed by atoms with van der Waals surface area (Å²) in [5.74, 6) is -0.00475. The summed E-state index contributed by atoms with van der Waals surface area (Å²) >= 11 is 11.8. The molecule has 1 N–H and O–H groups in total. The van der Waals surface area contributed by atoms with Crippen LogP contribution in [0.3, 0.4) is 0 Å². The predicted molar refractivity (Wildman–Crippen MR) is 110 cm³/mol. The number of benzene rings is 3. The molecule has 3 rings (SSSR count). The number of carbonyl (C=O) groups is 1. The molecular weight excluding hydrogens is 383 g/mol. The van der Waals surface area contributed by atoms with Crippen molar-refractivity contribution in [1.82, 2.24) is 5.43 Å². The smallest absolute Gasteiger partial charge is 0.277 e. The number of hydrogen-bond acceptors (Lipinski definition) is 3. The Kier molecular flexibility index (Phi) is 6.47. The first-order chi connectivity index (χ1) is 13.1. The van der Waals surface area contributed by atoms with Crippen molar-refractivity contribution < 1.29 is 9.53 Å². The van der Waals surface area contributed by atoms with E-state index in [1.165, 1.54) is 0 Å². The van der Waals surface area contributed by atoms with Crippen LogP contribution in [0.15, 0.2) is 77.9 Å². The van der Waals surface area contributed by atoms with E-state index in [4.69, 9.17) is 27.9 Å². The Bertz CT molecular complexity index is 942. The van der Waals surface area contributed by atoms with Gasteiger partial charge < -0.3 is 4.74 Å². The molecule has 1 amide bonds. The zero-order valence-corrected chi connectivity index (χ0v) is 15.7. The highest BCUT2D eigenvalue weighted by atomic mass is 35.5. The molecule has 0 aliphatic carbocycles. The Morgan fingerprint density at radius 2 is 1.67 bits per heavy atom. The molecule has 0 heterocycles. The van der Waals surface area contributed by atoms with E-state index in [0.29, 0.717) is 15.8 Å². The number of rotatable bonds is 6. The molecule has 0 aromatic heterocycles. The Labute approximate surface area is 167 Å². The van der Waals surface area contributed by atoms with E-state index in [9.17, 15) is 4.79 Å². The number of hydrogen-bond donors (Lipinski definition) is 1. The fourth-order valence-corrected chi connectivity index (χ4v) is 2.80. The summed E-state index contributed by atoms with van der Waals surface area (Å²) in [6, 6.07) is 22.8. The van der Waals surface area contributed by atoms with Gasteiger partial charge in [-0.3, -0.25) is 4.79 Å². The first-order valence-corrected chi connectivity index (χ1v) is 8.92. The maximum atomic E-state index is 11.8. The predicted octanol–water partition coefficient (Wildman–Crippen LogP) is 5.19. The van der Waals surface area contributed by atoms with Crippen molar-refractivity contribution in [2.75, 3.05) is 6.61 Å². The average molecular weight is 399 g/mol. The Balaban J connectivity index is 1.50. The summed E-state index contributed by atoms with van der Waals surface area (Å²) < 4.78 is 5.34. The third-order valence-corrected chi connectivity index (χ3v) is 4.20. The van der Waals surface area contributed by atoms with Crippen LogP contribution in [0.1, 0.15) is 5.56 Å². The fourth-order valence-electron chi connectivity index (χ4n) is 2.34. The molecule has 0 spiro atoms. The summed E-state index contributed by atoms with van der Waals surface area (Å²) in [7, 11) is 0. The molecular formula is C21H16Cl2N2O2. The Hall–Kier alpha value is -2.82. The van der Waals surface area contributed by atoms with Crippen LogP contribution in [0.2, 0.25) is 10.0 Å². The Morgan fingerprint density at radius 1 is 0.963 bits per heavy atom. The molecule has 0 saturated heterocycles. The van der Waals surface area contributed by atoms with E-state index < -0.39 is 5.91 Å². The zero-order valence-electron chi connectivity index (χ0n) is 14.2. The maximum absolute atomic E-state index is 11.8. The second kappa shape index (κ2) is 9.21. The lowest BCUT2D eigenvalue weighted by Gasteiger charge is -2.07. The number of amides is 1. The van der Waals surface area contributed by atoms with Crippen molar-refractivity contribution in [1.29, 1.82) is 0 Å². The van der Waals surface area contributed by atoms with Gasteiger partial charge in [0, 0.05) is 5.02 Å². The number of nitrogens with one attached hydrogen (secondary N) is 1. The fraction of sp³-hybridized carbons (Fsp3) is 0.0476. The van der Waals surface area contributed by atoms with E-state index in [2.05, 4.69) is 22.7 Å². The molecule has 0 aliphatic heterocycles. The van der Waals surface area contributed by atoms with Gasteiger partial charge in [0.05, 0.1) is 11.2 Å². The van der Waals surface area contributed by atoms with Crippen molar-refractivity contribution in [3.8, 4) is 16.9 Å². The standard InChI is InChI=1S/C21H16Cl2N2O2/c22-18-10-11-20(19(23)12-18)27-14-21(26)25-24-13-15-6-8-17(9-7-15)16-4-2-1-3-5-16/h1-13H,14H2,(H,25,26)/b24-13+. The molecule has 0 bridgehead atoms. The van der Waals surface area contributed by atoms with Crippen LogP contribution in [0, 0.1) is 0 Å². The van der Waals surface area contributed by atoms with Crippen LogP contribution < -0.4 is 10.2 Å². The molecule has 6 heteroatoms. The van der Waals surface area contributed by atoms with E-state index in [0.717, 1.165) is 16.7 Å². The van der Waals surface area contributed by atoms with Gasteiger partial charge in [-0.15, -0.1) is 0 Å². The van der Waals surface area contributed by atoms with Gasteiger partial charge in [-0.2, -0.15) is 5.10 Å². The van der Waals surface area contributed by atoms with Gasteiger partial charge in [-0.05, 0) is 34.9 Å². The second-order valence-electron chi connectivity index (χ2n) is 5.64. The summed E-state index contributed by atoms with van der Waals surface area (Å²) in [5.41, 5.74) is 5.55. The van der Waals surface area contributed by atoms with Crippen molar-refractivity contribution >= 4 is 35.3 Å². The van der Waals surface area contributed by atoms with Gasteiger partial charge in [-0.25, -0.2) is 5.43 Å². The summed E-state index contributed by atoms with van der Waals surface area (Å²) in [6.07, 6.45) is 1.57. The SMILES string of the molecule is O=C(COc1ccc(Cl)cc1Cl)N/N=C/c1ccc(-c2ccccc2)cc1. The highest BCUT2D eigenvalue weighted by Crippen LogP contribution is 2.27. The molecule has 3 aromatic carbocycles. The summed E-state index contributed by atoms with van der Waals surface area (Å²) in [5, 5.41) is 4.78. The average Bonchev–Trinajstić information content (AvgIpc) is 2.68. The molecule has 0 saturated carbocycles. The van der Waals surface area contributed by atoms with Crippen LogP contribution in [-0.2, 0) is 4.79 Å². The molecule has 0 atom stereocenters. The van der Waals surface area contributed by atoms with Crippen LogP contribution in [-0.4, -0.2) is 18.7 Å². The minimum Gasteiger partial charge on any atom is -0.482 e. The lowest BCUT2D eigenvalue weighted by atomic mass is 10.0. The van der Waals surface area contributed by atoms with Gasteiger partial charge in [0.15, 0.2) is 6.61 Å². The Morgan fingerprint density at radius 3 is 2.37 bits per heavy atom. The second-order valence-corrected chi connectivity index (χ2v) is 6.49. The largest absolute Gasteiger partial charge is 0.482 e. The molecule has 0 unspecified atom stereocenters. The molecule has 136 valence electrons. The molecule has 27 heavy (non-hydrogen) atoms. The number of nitrogens with zero attached hydrogens (tertiary/aromatic N) is 1. The van der Waals surface area contributed by atoms with Gasteiger partial charge in [0.2, 0.25) is 0 Å². The quantitative estimate of drug-likeness (QED) is 0.458. The van der Waals surface area contributed by atoms with Crippen molar-refractivity contribution in [3.63, 3.8) is 0 Å². The van der Waals surface area contributed by atoms with Gasteiger partial charge in [0.25, 0.3) is 5.91 Å². The monoisotopic (exact) mass is 398 g/mol. The van der Waals surface area contributed by atoms with Crippen molar-refractivity contribution in [2.24, 2.45) is 5.10 Å². The van der Waals surface area contributed by atoms with Crippen LogP contribution in [0.5, 0.6) is 5.75 Å². The van der Waals surface area contributed by atoms with E-state index in [1.807, 2.05) is 42.5 Å². The zero-order chi connectivity index (χ0) is 19.1. The molecule has 0 aliphatic rings. The third kappa shape index (κ3) is 5.58. The number of ether oxygens (including phenoxy) is 1. The minimum absolute atomic E-state index is 0.203. The number of halogens is 2.